The van der Waals surface area contributed by atoms with Crippen LogP contribution >= 0.6 is 0 Å². The summed E-state index contributed by atoms with van der Waals surface area (Å²) in [6, 6.07) is 16.8. The van der Waals surface area contributed by atoms with Gasteiger partial charge in [0, 0.05) is 37.0 Å². The van der Waals surface area contributed by atoms with Crippen molar-refractivity contribution in [3.05, 3.63) is 77.6 Å². The van der Waals surface area contributed by atoms with Crippen molar-refractivity contribution in [2.24, 2.45) is 0 Å². The molecule has 1 atom stereocenters. The third-order valence-electron chi connectivity index (χ3n) is 6.13. The van der Waals surface area contributed by atoms with E-state index in [1.165, 1.54) is 16.7 Å². The van der Waals surface area contributed by atoms with E-state index >= 15 is 0 Å². The van der Waals surface area contributed by atoms with E-state index in [0.717, 1.165) is 42.6 Å². The number of nitrogens with one attached hydrogen (secondary N) is 1. The van der Waals surface area contributed by atoms with E-state index in [1.807, 2.05) is 12.1 Å². The fourth-order valence-electron chi connectivity index (χ4n) is 4.47. The Bertz CT molecular complexity index is 1130. The highest BCUT2D eigenvalue weighted by Gasteiger charge is 2.30. The molecule has 152 valence electrons. The Balaban J connectivity index is 1.32. The van der Waals surface area contributed by atoms with Gasteiger partial charge in [-0.1, -0.05) is 48.5 Å². The molecule has 1 aromatic heterocycles. The van der Waals surface area contributed by atoms with Gasteiger partial charge in [0.2, 0.25) is 11.8 Å². The lowest BCUT2D eigenvalue weighted by Gasteiger charge is -2.26. The molecular formula is C25H24N2O3. The normalized spacial score (nSPS) is 20.3. The molecule has 0 aliphatic carbocycles. The third-order valence-corrected chi connectivity index (χ3v) is 6.13. The van der Waals surface area contributed by atoms with Gasteiger partial charge in [-0.05, 0) is 35.6 Å². The Labute approximate surface area is 175 Å². The molecule has 5 heteroatoms. The van der Waals surface area contributed by atoms with Crippen LogP contribution in [0.1, 0.15) is 41.9 Å². The highest BCUT2D eigenvalue weighted by atomic mass is 16.3. The monoisotopic (exact) mass is 400 g/mol. The minimum absolute atomic E-state index is 0.197. The topological polar surface area (TPSA) is 62.6 Å². The maximum atomic E-state index is 12.2. The number of nitrogens with zero attached hydrogens (tertiary/aromatic N) is 1. The zero-order valence-corrected chi connectivity index (χ0v) is 16.8. The van der Waals surface area contributed by atoms with Crippen LogP contribution in [0.2, 0.25) is 0 Å². The molecule has 2 aliphatic rings. The maximum absolute atomic E-state index is 12.2. The van der Waals surface area contributed by atoms with Crippen LogP contribution in [-0.4, -0.2) is 29.8 Å². The van der Waals surface area contributed by atoms with Crippen molar-refractivity contribution in [1.82, 2.24) is 10.2 Å². The van der Waals surface area contributed by atoms with Crippen molar-refractivity contribution in [3.8, 4) is 0 Å². The average Bonchev–Trinajstić information content (AvgIpc) is 3.18. The lowest BCUT2D eigenvalue weighted by molar-refractivity contribution is -0.134. The van der Waals surface area contributed by atoms with Gasteiger partial charge in [-0.2, -0.15) is 0 Å². The van der Waals surface area contributed by atoms with E-state index in [9.17, 15) is 9.59 Å². The summed E-state index contributed by atoms with van der Waals surface area (Å²) < 4.78 is 5.81. The number of benzene rings is 2. The van der Waals surface area contributed by atoms with Gasteiger partial charge in [0.15, 0.2) is 0 Å². The summed E-state index contributed by atoms with van der Waals surface area (Å²) in [5.74, 6) is -0.751. The molecule has 5 rings (SSSR count). The summed E-state index contributed by atoms with van der Waals surface area (Å²) in [5, 5.41) is 3.39. The second kappa shape index (κ2) is 7.92. The van der Waals surface area contributed by atoms with Crippen LogP contribution in [0.5, 0.6) is 0 Å². The highest BCUT2D eigenvalue weighted by Crippen LogP contribution is 2.34. The van der Waals surface area contributed by atoms with Crippen molar-refractivity contribution in [2.75, 3.05) is 13.1 Å². The molecule has 5 nitrogen and oxygen atoms in total. The number of amides is 2. The minimum Gasteiger partial charge on any atom is -0.464 e. The first-order chi connectivity index (χ1) is 14.7. The molecule has 1 N–H and O–H groups in total. The van der Waals surface area contributed by atoms with Crippen LogP contribution in [0.3, 0.4) is 0 Å². The molecule has 0 radical (unpaired) electrons. The van der Waals surface area contributed by atoms with Gasteiger partial charge >= 0.3 is 0 Å². The van der Waals surface area contributed by atoms with E-state index in [4.69, 9.17) is 4.42 Å². The van der Waals surface area contributed by atoms with Gasteiger partial charge in [-0.3, -0.25) is 19.8 Å². The second-order valence-corrected chi connectivity index (χ2v) is 8.11. The number of carbonyl (C=O) groups is 2. The van der Waals surface area contributed by atoms with E-state index in [2.05, 4.69) is 52.7 Å². The molecule has 0 saturated carbocycles. The molecule has 3 heterocycles. The van der Waals surface area contributed by atoms with Crippen molar-refractivity contribution < 1.29 is 14.0 Å². The van der Waals surface area contributed by atoms with E-state index in [-0.39, 0.29) is 17.7 Å². The summed E-state index contributed by atoms with van der Waals surface area (Å²) in [6.07, 6.45) is 5.87. The van der Waals surface area contributed by atoms with Gasteiger partial charge in [-0.15, -0.1) is 0 Å². The smallest absolute Gasteiger partial charge is 0.234 e. The summed E-state index contributed by atoms with van der Waals surface area (Å²) in [5.41, 5.74) is 5.51. The average molecular weight is 400 g/mol. The molecule has 1 saturated heterocycles. The molecule has 2 aliphatic heterocycles. The van der Waals surface area contributed by atoms with Crippen molar-refractivity contribution in [3.63, 3.8) is 0 Å². The number of carbonyl (C=O) groups excluding carboxylic acids is 2. The Morgan fingerprint density at radius 1 is 1.07 bits per heavy atom. The zero-order valence-electron chi connectivity index (χ0n) is 16.8. The van der Waals surface area contributed by atoms with Gasteiger partial charge in [0.25, 0.3) is 0 Å². The number of hydrogen-bond acceptors (Lipinski definition) is 4. The Hall–Kier alpha value is -3.18. The summed E-state index contributed by atoms with van der Waals surface area (Å²) in [7, 11) is 0. The molecule has 2 amide bonds. The van der Waals surface area contributed by atoms with Gasteiger partial charge in [0.05, 0.1) is 12.2 Å². The predicted molar refractivity (Wildman–Crippen MR) is 116 cm³/mol. The van der Waals surface area contributed by atoms with Crippen LogP contribution < -0.4 is 5.32 Å². The fraction of sp³-hybridized carbons (Fsp3) is 0.280. The van der Waals surface area contributed by atoms with Crippen LogP contribution in [0.4, 0.5) is 0 Å². The molecule has 0 spiro atoms. The standard InChI is InChI=1S/C25H24N2O3/c28-24-9-8-21(25(29)26-24)22-16-30-23-14-19(6-7-20(22)23)18-10-12-27(13-11-18)15-17-4-2-1-3-5-17/h1-7,10,14,16,21H,8-9,11-13,15H2,(H,26,28,29). The largest absolute Gasteiger partial charge is 0.464 e. The first kappa shape index (κ1) is 18.8. The summed E-state index contributed by atoms with van der Waals surface area (Å²) in [4.78, 5) is 26.1. The molecule has 2 aromatic carbocycles. The lowest BCUT2D eigenvalue weighted by atomic mass is 9.89. The molecule has 30 heavy (non-hydrogen) atoms. The summed E-state index contributed by atoms with van der Waals surface area (Å²) >= 11 is 0. The summed E-state index contributed by atoms with van der Waals surface area (Å²) in [6.45, 7) is 2.93. The zero-order chi connectivity index (χ0) is 20.5. The van der Waals surface area contributed by atoms with Crippen LogP contribution in [-0.2, 0) is 16.1 Å². The molecule has 3 aromatic rings. The number of piperidine rings is 1. The van der Waals surface area contributed by atoms with Crippen LogP contribution in [0, 0.1) is 0 Å². The van der Waals surface area contributed by atoms with E-state index in [1.54, 1.807) is 6.26 Å². The number of rotatable bonds is 4. The van der Waals surface area contributed by atoms with Gasteiger partial charge < -0.3 is 4.42 Å². The first-order valence-corrected chi connectivity index (χ1v) is 10.5. The number of fused-ring (bicyclic) bond motifs is 1. The van der Waals surface area contributed by atoms with Crippen LogP contribution in [0.25, 0.3) is 16.5 Å². The SMILES string of the molecule is O=C1CCC(c2coc3cc(C4=CCN(Cc5ccccc5)CC4)ccc23)C(=O)N1. The Morgan fingerprint density at radius 2 is 1.93 bits per heavy atom. The van der Waals surface area contributed by atoms with Gasteiger partial charge in [-0.25, -0.2) is 0 Å². The van der Waals surface area contributed by atoms with Crippen LogP contribution in [0.15, 0.2) is 65.3 Å². The number of imide groups is 1. The highest BCUT2D eigenvalue weighted by molar-refractivity contribution is 6.02. The van der Waals surface area contributed by atoms with Crippen molar-refractivity contribution >= 4 is 28.4 Å². The predicted octanol–water partition coefficient (Wildman–Crippen LogP) is 4.24. The van der Waals surface area contributed by atoms with Crippen molar-refractivity contribution in [1.29, 1.82) is 0 Å². The van der Waals surface area contributed by atoms with E-state index < -0.39 is 0 Å². The number of furan rings is 1. The first-order valence-electron chi connectivity index (χ1n) is 10.5. The molecule has 1 fully saturated rings. The van der Waals surface area contributed by atoms with Crippen molar-refractivity contribution in [2.45, 2.75) is 31.7 Å². The van der Waals surface area contributed by atoms with E-state index in [0.29, 0.717) is 12.8 Å². The lowest BCUT2D eigenvalue weighted by Crippen LogP contribution is -2.39. The Morgan fingerprint density at radius 3 is 2.70 bits per heavy atom. The molecule has 0 bridgehead atoms. The second-order valence-electron chi connectivity index (χ2n) is 8.11. The number of hydrogen-bond donors (Lipinski definition) is 1. The Kier molecular flexibility index (Phi) is 4.97. The van der Waals surface area contributed by atoms with Gasteiger partial charge in [0.1, 0.15) is 5.58 Å². The molecule has 1 unspecified atom stereocenters. The molecular weight excluding hydrogens is 376 g/mol. The quantitative estimate of drug-likeness (QED) is 0.666. The third kappa shape index (κ3) is 3.68. The fourth-order valence-corrected chi connectivity index (χ4v) is 4.47. The minimum atomic E-state index is -0.324. The maximum Gasteiger partial charge on any atom is 0.234 e.